The largest absolute Gasteiger partial charge is 0.507 e. The first kappa shape index (κ1) is 102. The summed E-state index contributed by atoms with van der Waals surface area (Å²) in [5.41, 5.74) is 3.53. The van der Waals surface area contributed by atoms with Crippen LogP contribution >= 0.6 is 43.6 Å². The van der Waals surface area contributed by atoms with Crippen molar-refractivity contribution in [3.8, 4) is 52.4 Å². The third-order valence-electron chi connectivity index (χ3n) is 17.3. The average molecular weight is 1770 g/mol. The molecule has 14 rings (SSSR count). The first-order chi connectivity index (χ1) is 55.6. The van der Waals surface area contributed by atoms with Crippen molar-refractivity contribution in [2.45, 2.75) is 75.7 Å². The second kappa shape index (κ2) is 56.4. The molecule has 119 heavy (non-hydrogen) atoms. The van der Waals surface area contributed by atoms with Gasteiger partial charge >= 0.3 is 12.1 Å². The van der Waals surface area contributed by atoms with E-state index < -0.39 is 0 Å². The van der Waals surface area contributed by atoms with Gasteiger partial charge in [0.2, 0.25) is 20.4 Å². The number of fused-ring (bicyclic) bond motifs is 7. The molecule has 0 aromatic heterocycles. The highest BCUT2D eigenvalue weighted by Crippen LogP contribution is 2.35. The SMILES string of the molecule is BrCCCCCCCCBr.C.C.C.C.C.CO.F.O/N=C/c1c(OCOc2ccc3ccccc3c2/C=N/O)ccc2ccccc12.O=Cc1c(O)ccc2ccccc12.O=Cc1c(OCOc2ccc3ccccc3c2C=O)ccc2ccccc12.ONCl.[O-][N+]#Cc1c(OCOc2ccc3ccccc3c2C#[N+][O-])ccc2ccccc12. The molecule has 6 N–H and O–H groups in total. The quantitative estimate of drug-likeness (QED) is 0.00479. The molecule has 0 saturated carbocycles. The van der Waals surface area contributed by atoms with Crippen molar-refractivity contribution in [1.82, 2.24) is 5.00 Å². The number of phenols is 1. The van der Waals surface area contributed by atoms with Gasteiger partial charge in [0.1, 0.15) is 40.2 Å². The molecular formula is C94H99Br2ClFN5O16. The number of ether oxygens (including phenoxy) is 6. The lowest BCUT2D eigenvalue weighted by Gasteiger charge is -2.14. The zero-order valence-electron chi connectivity index (χ0n) is 61.5. The number of carbonyl (C=O) groups excluding carboxylic acids is 3. The van der Waals surface area contributed by atoms with Crippen molar-refractivity contribution in [3.05, 3.63) is 314 Å². The number of alkyl halides is 2. The van der Waals surface area contributed by atoms with Gasteiger partial charge in [-0.15, -0.1) is 5.00 Å². The Morgan fingerprint density at radius 2 is 0.580 bits per heavy atom. The molecule has 0 aliphatic heterocycles. The fourth-order valence-electron chi connectivity index (χ4n) is 12.1. The summed E-state index contributed by atoms with van der Waals surface area (Å²) in [5, 5.41) is 90.0. The first-order valence-corrected chi connectivity index (χ1v) is 37.7. The Morgan fingerprint density at radius 3 is 0.849 bits per heavy atom. The van der Waals surface area contributed by atoms with E-state index in [2.05, 4.69) is 76.1 Å². The summed E-state index contributed by atoms with van der Waals surface area (Å²) >= 11 is 11.2. The van der Waals surface area contributed by atoms with Crippen LogP contribution in [0.25, 0.3) is 85.4 Å². The summed E-state index contributed by atoms with van der Waals surface area (Å²) in [6.07, 6.45) is 13.2. The molecule has 21 nitrogen and oxygen atoms in total. The van der Waals surface area contributed by atoms with Crippen LogP contribution in [0.4, 0.5) is 4.70 Å². The van der Waals surface area contributed by atoms with E-state index in [0.717, 1.165) is 95.1 Å². The zero-order chi connectivity index (χ0) is 80.4. The number of aldehydes is 3. The molecule has 0 spiro atoms. The molecule has 624 valence electrons. The summed E-state index contributed by atoms with van der Waals surface area (Å²) in [4.78, 5) is 35.0. The van der Waals surface area contributed by atoms with Crippen LogP contribution in [0.2, 0.25) is 0 Å². The normalized spacial score (nSPS) is 9.83. The lowest BCUT2D eigenvalue weighted by atomic mass is 10.0. The van der Waals surface area contributed by atoms with E-state index in [1.54, 1.807) is 42.5 Å². The second-order valence-electron chi connectivity index (χ2n) is 23.9. The predicted molar refractivity (Wildman–Crippen MR) is 492 cm³/mol. The number of phenolic OH excluding ortho intramolecular Hbond substituents is 1. The zero-order valence-corrected chi connectivity index (χ0v) is 65.4. The number of rotatable bonds is 24. The van der Waals surface area contributed by atoms with E-state index in [1.165, 1.54) is 72.7 Å². The molecule has 14 aromatic rings. The average Bonchev–Trinajstić information content (AvgIpc) is 0.968. The van der Waals surface area contributed by atoms with Crippen LogP contribution in [0, 0.1) is 22.6 Å². The summed E-state index contributed by atoms with van der Waals surface area (Å²) in [6, 6.07) is 83.4. The minimum Gasteiger partial charge on any atom is -0.507 e. The molecule has 0 heterocycles. The number of aromatic hydroxyl groups is 1. The maximum absolute atomic E-state index is 11.6. The molecule has 0 aliphatic rings. The van der Waals surface area contributed by atoms with Crippen molar-refractivity contribution in [1.29, 1.82) is 0 Å². The number of hydrogen-bond acceptors (Lipinski definition) is 19. The van der Waals surface area contributed by atoms with Gasteiger partial charge in [-0.05, 0) is 120 Å². The molecular weight excluding hydrogens is 1670 g/mol. The van der Waals surface area contributed by atoms with Gasteiger partial charge in [-0.25, -0.2) is 0 Å². The molecule has 0 atom stereocenters. The highest BCUT2D eigenvalue weighted by atomic mass is 79.9. The number of unbranched alkanes of at least 4 members (excludes halogenated alkanes) is 5. The molecule has 0 bridgehead atoms. The van der Waals surface area contributed by atoms with Crippen LogP contribution in [0.15, 0.2) is 265 Å². The van der Waals surface area contributed by atoms with Crippen LogP contribution in [0.5, 0.6) is 40.2 Å². The van der Waals surface area contributed by atoms with Crippen LogP contribution in [-0.2, 0) is 0 Å². The lowest BCUT2D eigenvalue weighted by molar-refractivity contribution is 0.106. The standard InChI is InChI=1S/C23H18N2O4.C23H14N2O4.C23H16O4.C11H8O2.C8H16Br2.CH4O.5CH4.ClH2NO.FH/c2*26-24-13-20-18-7-3-1-5-16(18)9-11-22(20)28-15-29-23-12-10-17-6-2-4-8-19(17)21(23)14-25-27;24-13-20-18-7-3-1-5-16(18)9-11-22(20)26-15-27-23-12-10-17-6-2-4-8-19(17)21(23)14-25;12-7-10-9-4-2-1-3-8(9)5-6-11(10)13;9-7-5-3-1-2-4-6-8-10;1-2;;;;;;1-2-3;/h1-14,26-27H,15H2;1-12H,15H2;1-14H,15H2;1-7,13H;1-8H2;2H,1H3;5*1H4;2-3H;1H/b24-13+,25-14+;;;;;;;;;;;;. The Morgan fingerprint density at radius 1 is 0.361 bits per heavy atom. The summed E-state index contributed by atoms with van der Waals surface area (Å²) in [6.45, 7) is -0.342. The first-order valence-electron chi connectivity index (χ1n) is 35.1. The van der Waals surface area contributed by atoms with Crippen LogP contribution in [0.3, 0.4) is 0 Å². The van der Waals surface area contributed by atoms with E-state index in [4.69, 9.17) is 49.1 Å². The number of oxime groups is 2. The van der Waals surface area contributed by atoms with E-state index in [0.29, 0.717) is 79.7 Å². The topological polar surface area (TPSA) is 299 Å². The van der Waals surface area contributed by atoms with Gasteiger partial charge in [0, 0.05) is 61.5 Å². The molecule has 0 saturated heterocycles. The van der Waals surface area contributed by atoms with E-state index in [1.807, 2.05) is 206 Å². The summed E-state index contributed by atoms with van der Waals surface area (Å²) in [5.74, 6) is 2.79. The molecule has 14 aromatic carbocycles. The van der Waals surface area contributed by atoms with Gasteiger partial charge in [-0.2, -0.15) is 0 Å². The molecule has 25 heteroatoms. The van der Waals surface area contributed by atoms with Crippen LogP contribution in [-0.4, -0.2) is 95.3 Å². The molecule has 0 radical (unpaired) electrons. The Hall–Kier alpha value is -12.9. The Balaban J connectivity index is 0.000000511. The molecule has 0 unspecified atom stereocenters. The van der Waals surface area contributed by atoms with Crippen LogP contribution < -0.4 is 33.4 Å². The highest BCUT2D eigenvalue weighted by Gasteiger charge is 2.17. The number of carbonyl (C=O) groups is 3. The third kappa shape index (κ3) is 28.5. The van der Waals surface area contributed by atoms with E-state index in [-0.39, 0.29) is 68.0 Å². The Kier molecular flexibility index (Phi) is 48.4. The fraction of sp³-hybridized carbons (Fsp3) is 0.181. The number of halogens is 4. The smallest absolute Gasteiger partial charge is 0.341 e. The van der Waals surface area contributed by atoms with Gasteiger partial charge in [0.05, 0.1) is 29.1 Å². The number of benzene rings is 14. The van der Waals surface area contributed by atoms with Crippen molar-refractivity contribution in [3.63, 3.8) is 0 Å². The van der Waals surface area contributed by atoms with Gasteiger partial charge in [0.15, 0.2) is 30.0 Å². The summed E-state index contributed by atoms with van der Waals surface area (Å²) in [7, 11) is 1.00. The highest BCUT2D eigenvalue weighted by molar-refractivity contribution is 9.09. The fourth-order valence-corrected chi connectivity index (χ4v) is 12.9. The molecule has 0 amide bonds. The third-order valence-corrected chi connectivity index (χ3v) is 18.4. The van der Waals surface area contributed by atoms with Crippen LogP contribution in [0.1, 0.15) is 129 Å². The lowest BCUT2D eigenvalue weighted by Crippen LogP contribution is -2.09. The minimum absolute atomic E-state index is 0. The van der Waals surface area contributed by atoms with Crippen molar-refractivity contribution < 1.29 is 73.3 Å². The van der Waals surface area contributed by atoms with Crippen molar-refractivity contribution >= 4 is 150 Å². The van der Waals surface area contributed by atoms with Gasteiger partial charge in [-0.3, -0.25) is 19.1 Å². The Labute approximate surface area is 714 Å². The van der Waals surface area contributed by atoms with Gasteiger partial charge in [-0.1, -0.05) is 317 Å². The Bertz CT molecular complexity index is 5390. The van der Waals surface area contributed by atoms with Crippen molar-refractivity contribution in [2.24, 2.45) is 10.3 Å². The van der Waals surface area contributed by atoms with E-state index in [9.17, 15) is 29.9 Å². The number of aliphatic hydroxyl groups is 1. The number of nitrogens with one attached hydrogen (secondary N) is 1. The molecule has 0 fully saturated rings. The van der Waals surface area contributed by atoms with Crippen molar-refractivity contribution in [2.75, 3.05) is 38.1 Å². The second-order valence-corrected chi connectivity index (χ2v) is 25.6. The van der Waals surface area contributed by atoms with E-state index >= 15 is 0 Å². The number of hydrogen-bond donors (Lipinski definition) is 6. The maximum Gasteiger partial charge on any atom is 0.341 e. The maximum atomic E-state index is 11.6. The predicted octanol–water partition coefficient (Wildman–Crippen LogP) is 25.4. The molecule has 0 aliphatic carbocycles. The number of nitrogens with zero attached hydrogens (tertiary/aromatic N) is 4. The van der Waals surface area contributed by atoms with Gasteiger partial charge in [0.25, 0.3) is 0 Å². The summed E-state index contributed by atoms with van der Waals surface area (Å²) < 4.78 is 34.4. The minimum atomic E-state index is -0.155. The monoisotopic (exact) mass is 1770 g/mol. The number of aliphatic hydroxyl groups excluding tert-OH is 1. The van der Waals surface area contributed by atoms with Gasteiger partial charge < -0.3 is 64.7 Å².